The lowest BCUT2D eigenvalue weighted by atomic mass is 9.85. The summed E-state index contributed by atoms with van der Waals surface area (Å²) in [6, 6.07) is 19.6. The van der Waals surface area contributed by atoms with Crippen molar-refractivity contribution in [2.75, 3.05) is 31.2 Å². The topological polar surface area (TPSA) is 73.0 Å². The molecule has 1 spiro atoms. The van der Waals surface area contributed by atoms with Crippen LogP contribution in [0.4, 0.5) is 5.69 Å². The fourth-order valence-corrected chi connectivity index (χ4v) is 4.70. The van der Waals surface area contributed by atoms with Crippen LogP contribution < -0.4 is 10.2 Å². The second-order valence-electron chi connectivity index (χ2n) is 8.44. The van der Waals surface area contributed by atoms with Gasteiger partial charge in [0.15, 0.2) is 0 Å². The monoisotopic (exact) mass is 434 g/mol. The van der Waals surface area contributed by atoms with Gasteiger partial charge in [-0.05, 0) is 30.5 Å². The minimum absolute atomic E-state index is 0.0222. The first-order valence-electron chi connectivity index (χ1n) is 11.2. The quantitative estimate of drug-likeness (QED) is 0.758. The van der Waals surface area contributed by atoms with Crippen LogP contribution in [-0.4, -0.2) is 59.4 Å². The summed E-state index contributed by atoms with van der Waals surface area (Å²) in [6.45, 7) is 3.78. The lowest BCUT2D eigenvalue weighted by molar-refractivity contribution is -0.139. The summed E-state index contributed by atoms with van der Waals surface area (Å²) in [5, 5.41) is 2.92. The van der Waals surface area contributed by atoms with Gasteiger partial charge in [-0.15, -0.1) is 0 Å². The molecule has 0 aliphatic carbocycles. The highest BCUT2D eigenvalue weighted by Gasteiger charge is 2.54. The number of rotatable bonds is 6. The minimum Gasteiger partial charge on any atom is -0.350 e. The molecule has 2 saturated heterocycles. The summed E-state index contributed by atoms with van der Waals surface area (Å²) in [7, 11) is 0. The fourth-order valence-electron chi connectivity index (χ4n) is 4.70. The lowest BCUT2D eigenvalue weighted by Crippen LogP contribution is -2.57. The van der Waals surface area contributed by atoms with Crippen LogP contribution in [0.5, 0.6) is 0 Å². The Balaban J connectivity index is 1.48. The molecule has 168 valence electrons. The molecule has 2 aromatic carbocycles. The van der Waals surface area contributed by atoms with Gasteiger partial charge in [-0.1, -0.05) is 55.5 Å². The number of likely N-dealkylation sites (tertiary alicyclic amines) is 1. The molecule has 0 bridgehead atoms. The van der Waals surface area contributed by atoms with Crippen LogP contribution in [0.2, 0.25) is 0 Å². The number of hydrogen-bond donors (Lipinski definition) is 1. The predicted molar refractivity (Wildman–Crippen MR) is 123 cm³/mol. The summed E-state index contributed by atoms with van der Waals surface area (Å²) in [5.74, 6) is -0.0839. The highest BCUT2D eigenvalue weighted by molar-refractivity contribution is 5.96. The number of carbonyl (C=O) groups is 3. The lowest BCUT2D eigenvalue weighted by Gasteiger charge is -2.43. The van der Waals surface area contributed by atoms with Gasteiger partial charge in [0.1, 0.15) is 12.1 Å². The van der Waals surface area contributed by atoms with Gasteiger partial charge in [0, 0.05) is 31.7 Å². The third-order valence-electron chi connectivity index (χ3n) is 6.49. The molecule has 0 radical (unpaired) electrons. The van der Waals surface area contributed by atoms with E-state index in [2.05, 4.69) is 10.2 Å². The van der Waals surface area contributed by atoms with Crippen LogP contribution >= 0.6 is 0 Å². The number of amides is 3. The SMILES string of the molecule is CCC(=O)N1CCC2(CC1)C(=O)N(CC(=O)NCc1ccccc1)CN2c1ccccc1. The van der Waals surface area contributed by atoms with E-state index in [1.54, 1.807) is 4.90 Å². The Morgan fingerprint density at radius 1 is 0.969 bits per heavy atom. The summed E-state index contributed by atoms with van der Waals surface area (Å²) in [6.07, 6.45) is 1.60. The molecule has 2 heterocycles. The molecule has 2 aliphatic heterocycles. The van der Waals surface area contributed by atoms with E-state index in [-0.39, 0.29) is 24.3 Å². The number of carbonyl (C=O) groups excluding carboxylic acids is 3. The Kier molecular flexibility index (Phi) is 6.44. The van der Waals surface area contributed by atoms with Gasteiger partial charge in [-0.2, -0.15) is 0 Å². The first-order chi connectivity index (χ1) is 15.5. The van der Waals surface area contributed by atoms with Gasteiger partial charge in [0.05, 0.1) is 6.67 Å². The maximum absolute atomic E-state index is 13.6. The van der Waals surface area contributed by atoms with Crippen molar-refractivity contribution in [3.8, 4) is 0 Å². The van der Waals surface area contributed by atoms with E-state index < -0.39 is 5.54 Å². The summed E-state index contributed by atoms with van der Waals surface area (Å²) in [5.41, 5.74) is 1.26. The molecule has 2 fully saturated rings. The van der Waals surface area contributed by atoms with Gasteiger partial charge >= 0.3 is 0 Å². The van der Waals surface area contributed by atoms with Crippen LogP contribution in [0.3, 0.4) is 0 Å². The number of piperidine rings is 1. The van der Waals surface area contributed by atoms with Crippen molar-refractivity contribution < 1.29 is 14.4 Å². The van der Waals surface area contributed by atoms with E-state index in [1.165, 1.54) is 0 Å². The van der Waals surface area contributed by atoms with Crippen molar-refractivity contribution in [1.82, 2.24) is 15.1 Å². The molecule has 4 rings (SSSR count). The second kappa shape index (κ2) is 9.42. The first kappa shape index (κ1) is 21.9. The highest BCUT2D eigenvalue weighted by atomic mass is 16.2. The van der Waals surface area contributed by atoms with Crippen LogP contribution in [0.15, 0.2) is 60.7 Å². The Bertz CT molecular complexity index is 956. The maximum Gasteiger partial charge on any atom is 0.250 e. The summed E-state index contributed by atoms with van der Waals surface area (Å²) >= 11 is 0. The van der Waals surface area contributed by atoms with Crippen molar-refractivity contribution in [2.24, 2.45) is 0 Å². The van der Waals surface area contributed by atoms with Gasteiger partial charge in [0.25, 0.3) is 5.91 Å². The van der Waals surface area contributed by atoms with Gasteiger partial charge < -0.3 is 20.0 Å². The highest BCUT2D eigenvalue weighted by Crippen LogP contribution is 2.39. The molecule has 32 heavy (non-hydrogen) atoms. The van der Waals surface area contributed by atoms with E-state index in [1.807, 2.05) is 72.5 Å². The van der Waals surface area contributed by atoms with Gasteiger partial charge in [-0.25, -0.2) is 0 Å². The number of nitrogens with zero attached hydrogens (tertiary/aromatic N) is 3. The third kappa shape index (κ3) is 4.33. The number of para-hydroxylation sites is 1. The van der Waals surface area contributed by atoms with E-state index in [0.29, 0.717) is 45.6 Å². The second-order valence-corrected chi connectivity index (χ2v) is 8.44. The summed E-state index contributed by atoms with van der Waals surface area (Å²) in [4.78, 5) is 44.0. The van der Waals surface area contributed by atoms with E-state index in [4.69, 9.17) is 0 Å². The molecular weight excluding hydrogens is 404 g/mol. The third-order valence-corrected chi connectivity index (χ3v) is 6.49. The Hall–Kier alpha value is -3.35. The van der Waals surface area contributed by atoms with E-state index >= 15 is 0 Å². The first-order valence-corrected chi connectivity index (χ1v) is 11.2. The maximum atomic E-state index is 13.6. The van der Waals surface area contributed by atoms with Crippen molar-refractivity contribution in [2.45, 2.75) is 38.3 Å². The number of hydrogen-bond acceptors (Lipinski definition) is 4. The zero-order chi connectivity index (χ0) is 22.6. The fraction of sp³-hybridized carbons (Fsp3) is 0.400. The average molecular weight is 435 g/mol. The molecule has 7 nitrogen and oxygen atoms in total. The van der Waals surface area contributed by atoms with Crippen LogP contribution in [-0.2, 0) is 20.9 Å². The van der Waals surface area contributed by atoms with E-state index in [9.17, 15) is 14.4 Å². The molecule has 1 N–H and O–H groups in total. The van der Waals surface area contributed by atoms with Crippen molar-refractivity contribution in [3.05, 3.63) is 66.2 Å². The van der Waals surface area contributed by atoms with Crippen molar-refractivity contribution >= 4 is 23.4 Å². The molecule has 0 unspecified atom stereocenters. The number of anilines is 1. The van der Waals surface area contributed by atoms with Gasteiger partial charge in [0.2, 0.25) is 11.8 Å². The zero-order valence-electron chi connectivity index (χ0n) is 18.5. The van der Waals surface area contributed by atoms with E-state index in [0.717, 1.165) is 11.3 Å². The standard InChI is InChI=1S/C25H30N4O3/c1-2-23(31)27-15-13-25(14-16-27)24(32)28(19-29(25)21-11-7-4-8-12-21)18-22(30)26-17-20-9-5-3-6-10-20/h3-12H,2,13-19H2,1H3,(H,26,30). The zero-order valence-corrected chi connectivity index (χ0v) is 18.5. The van der Waals surface area contributed by atoms with Crippen LogP contribution in [0.25, 0.3) is 0 Å². The number of nitrogens with one attached hydrogen (secondary N) is 1. The van der Waals surface area contributed by atoms with Crippen molar-refractivity contribution in [1.29, 1.82) is 0 Å². The molecule has 0 saturated carbocycles. The van der Waals surface area contributed by atoms with Gasteiger partial charge in [-0.3, -0.25) is 14.4 Å². The Labute approximate surface area is 189 Å². The Morgan fingerprint density at radius 2 is 1.59 bits per heavy atom. The molecular formula is C25H30N4O3. The minimum atomic E-state index is -0.717. The Morgan fingerprint density at radius 3 is 2.22 bits per heavy atom. The average Bonchev–Trinajstić information content (AvgIpc) is 3.10. The largest absolute Gasteiger partial charge is 0.350 e. The van der Waals surface area contributed by atoms with Crippen LogP contribution in [0, 0.1) is 0 Å². The molecule has 2 aromatic rings. The smallest absolute Gasteiger partial charge is 0.250 e. The molecule has 3 amide bonds. The van der Waals surface area contributed by atoms with Crippen LogP contribution in [0.1, 0.15) is 31.7 Å². The molecule has 0 atom stereocenters. The normalized spacial score (nSPS) is 17.7. The molecule has 0 aromatic heterocycles. The summed E-state index contributed by atoms with van der Waals surface area (Å²) < 4.78 is 0. The predicted octanol–water partition coefficient (Wildman–Crippen LogP) is 2.38. The number of benzene rings is 2. The van der Waals surface area contributed by atoms with Crippen molar-refractivity contribution in [3.63, 3.8) is 0 Å². The molecule has 2 aliphatic rings. The molecule has 7 heteroatoms.